The number of methoxy groups -OCH3 is 1. The molecule has 0 radical (unpaired) electrons. The van der Waals surface area contributed by atoms with Gasteiger partial charge in [0.2, 0.25) is 8.32 Å². The molecule has 0 bridgehead atoms. The van der Waals surface area contributed by atoms with Crippen molar-refractivity contribution in [1.82, 2.24) is 0 Å². The van der Waals surface area contributed by atoms with Gasteiger partial charge < -0.3 is 22.8 Å². The molecule has 0 saturated carbocycles. The fraction of sp³-hybridized carbons (Fsp3) is 0.719. The third-order valence-corrected chi connectivity index (χ3v) is 23.1. The van der Waals surface area contributed by atoms with E-state index in [1.165, 1.54) is 7.11 Å². The van der Waals surface area contributed by atoms with Gasteiger partial charge in [0, 0.05) is 0 Å². The summed E-state index contributed by atoms with van der Waals surface area (Å²) in [4.78, 5) is 12.8. The first-order valence-corrected chi connectivity index (χ1v) is 23.6. The molecule has 2 rings (SSSR count). The van der Waals surface area contributed by atoms with E-state index < -0.39 is 49.2 Å². The van der Waals surface area contributed by atoms with Gasteiger partial charge in [0.1, 0.15) is 24.1 Å². The van der Waals surface area contributed by atoms with Crippen molar-refractivity contribution in [3.63, 3.8) is 0 Å². The summed E-state index contributed by atoms with van der Waals surface area (Å²) >= 11 is 0. The van der Waals surface area contributed by atoms with Gasteiger partial charge in [-0.2, -0.15) is 0 Å². The summed E-state index contributed by atoms with van der Waals surface area (Å²) in [7, 11) is -5.20. The van der Waals surface area contributed by atoms with E-state index in [0.29, 0.717) is 12.2 Å². The molecule has 0 saturated heterocycles. The van der Waals surface area contributed by atoms with Gasteiger partial charge in [-0.15, -0.1) is 0 Å². The molecule has 9 heteroatoms. The van der Waals surface area contributed by atoms with Crippen LogP contribution in [-0.2, 0) is 22.8 Å². The van der Waals surface area contributed by atoms with E-state index in [1.807, 2.05) is 24.3 Å². The molecule has 41 heavy (non-hydrogen) atoms. The van der Waals surface area contributed by atoms with Crippen LogP contribution in [0.2, 0.25) is 54.4 Å². The van der Waals surface area contributed by atoms with Crippen LogP contribution in [0, 0.1) is 0 Å². The molecule has 1 aromatic carbocycles. The molecule has 0 spiro atoms. The fourth-order valence-corrected chi connectivity index (χ4v) is 7.08. The van der Waals surface area contributed by atoms with Crippen LogP contribution in [0.4, 0.5) is 0 Å². The van der Waals surface area contributed by atoms with Gasteiger partial charge in [-0.1, -0.05) is 80.5 Å². The van der Waals surface area contributed by atoms with Gasteiger partial charge in [0.05, 0.1) is 19.3 Å². The van der Waals surface area contributed by atoms with Crippen LogP contribution >= 0.6 is 0 Å². The third-order valence-electron chi connectivity index (χ3n) is 9.75. The van der Waals surface area contributed by atoms with Crippen LogP contribution in [0.5, 0.6) is 0 Å². The average molecular weight is 623 g/mol. The Hall–Kier alpha value is -1.24. The van der Waals surface area contributed by atoms with Crippen molar-refractivity contribution >= 4 is 30.9 Å². The number of rotatable bonds is 9. The Morgan fingerprint density at radius 1 is 0.805 bits per heavy atom. The number of ether oxygens (including phenoxy) is 2. The largest absolute Gasteiger partial charge is 0.545 e. The molecule has 1 aliphatic rings. The molecular formula is C32H58O6Si3. The van der Waals surface area contributed by atoms with Crippen molar-refractivity contribution in [3.8, 4) is 0 Å². The Morgan fingerprint density at radius 2 is 1.32 bits per heavy atom. The van der Waals surface area contributed by atoms with E-state index in [4.69, 9.17) is 22.8 Å². The van der Waals surface area contributed by atoms with E-state index in [0.717, 1.165) is 11.3 Å². The van der Waals surface area contributed by atoms with E-state index in [-0.39, 0.29) is 15.1 Å². The van der Waals surface area contributed by atoms with Crippen LogP contribution in [0.25, 0.3) is 0 Å². The minimum atomic E-state index is -2.26. The summed E-state index contributed by atoms with van der Waals surface area (Å²) in [5, 5.41) is 0.0269. The lowest BCUT2D eigenvalue weighted by Gasteiger charge is -2.47. The highest BCUT2D eigenvalue weighted by Crippen LogP contribution is 2.45. The maximum atomic E-state index is 12.8. The SMILES string of the molecule is COC(=O)c1ccccc1[C@@H]1C=C(O[Si](C)(C)C(C)(C)C)[C@@H](O[Si](C)(C)C(C)(C)C)[C@@H](CO[Si](C)(C)C(C)(C)C)O1. The van der Waals surface area contributed by atoms with E-state index in [9.17, 15) is 4.79 Å². The van der Waals surface area contributed by atoms with Crippen LogP contribution < -0.4 is 0 Å². The average Bonchev–Trinajstić information content (AvgIpc) is 2.81. The molecule has 234 valence electrons. The van der Waals surface area contributed by atoms with Crippen molar-refractivity contribution in [2.24, 2.45) is 0 Å². The Labute approximate surface area is 253 Å². The molecule has 0 unspecified atom stereocenters. The normalized spacial score (nSPS) is 21.4. The zero-order valence-electron chi connectivity index (χ0n) is 28.8. The van der Waals surface area contributed by atoms with E-state index >= 15 is 0 Å². The summed E-state index contributed by atoms with van der Waals surface area (Å²) in [6.07, 6.45) is 0.676. The number of carbonyl (C=O) groups excluding carboxylic acids is 1. The minimum absolute atomic E-state index is 0.00570. The van der Waals surface area contributed by atoms with Crippen molar-refractivity contribution < 1.29 is 27.5 Å². The minimum Gasteiger partial charge on any atom is -0.545 e. The van der Waals surface area contributed by atoms with Crippen LogP contribution in [0.15, 0.2) is 36.1 Å². The Morgan fingerprint density at radius 3 is 1.80 bits per heavy atom. The summed E-state index contributed by atoms with van der Waals surface area (Å²) in [6.45, 7) is 34.1. The molecule has 0 aliphatic carbocycles. The molecule has 0 fully saturated rings. The van der Waals surface area contributed by atoms with Crippen LogP contribution in [0.3, 0.4) is 0 Å². The van der Waals surface area contributed by atoms with Gasteiger partial charge in [-0.25, -0.2) is 4.79 Å². The molecule has 0 N–H and O–H groups in total. The first-order chi connectivity index (χ1) is 18.3. The van der Waals surface area contributed by atoms with Crippen molar-refractivity contribution in [3.05, 3.63) is 47.2 Å². The van der Waals surface area contributed by atoms with Crippen molar-refractivity contribution in [2.45, 2.75) is 135 Å². The van der Waals surface area contributed by atoms with Crippen molar-refractivity contribution in [1.29, 1.82) is 0 Å². The lowest BCUT2D eigenvalue weighted by atomic mass is 9.97. The van der Waals surface area contributed by atoms with Gasteiger partial charge in [0.15, 0.2) is 16.6 Å². The second-order valence-electron chi connectivity index (χ2n) is 16.0. The fourth-order valence-electron chi connectivity index (χ4n) is 3.73. The molecule has 0 amide bonds. The topological polar surface area (TPSA) is 63.2 Å². The summed E-state index contributed by atoms with van der Waals surface area (Å²) < 4.78 is 33.0. The van der Waals surface area contributed by atoms with E-state index in [1.54, 1.807) is 6.07 Å². The predicted molar refractivity (Wildman–Crippen MR) is 177 cm³/mol. The van der Waals surface area contributed by atoms with Crippen LogP contribution in [0.1, 0.15) is 84.3 Å². The van der Waals surface area contributed by atoms with Gasteiger partial charge in [-0.3, -0.25) is 0 Å². The first-order valence-electron chi connectivity index (χ1n) is 14.9. The maximum Gasteiger partial charge on any atom is 0.338 e. The first kappa shape index (κ1) is 36.0. The highest BCUT2D eigenvalue weighted by molar-refractivity contribution is 6.75. The summed E-state index contributed by atoms with van der Waals surface area (Å²) in [6, 6.07) is 7.48. The lowest BCUT2D eigenvalue weighted by Crippen LogP contribution is -2.54. The zero-order chi connectivity index (χ0) is 31.8. The number of carbonyl (C=O) groups is 1. The number of benzene rings is 1. The van der Waals surface area contributed by atoms with E-state index in [2.05, 4.69) is 102 Å². The number of esters is 1. The lowest BCUT2D eigenvalue weighted by molar-refractivity contribution is -0.0908. The maximum absolute atomic E-state index is 12.8. The Kier molecular flexibility index (Phi) is 10.9. The smallest absolute Gasteiger partial charge is 0.338 e. The number of hydrogen-bond donors (Lipinski definition) is 0. The second-order valence-corrected chi connectivity index (χ2v) is 30.3. The van der Waals surface area contributed by atoms with Crippen LogP contribution in [-0.4, -0.2) is 56.8 Å². The molecular weight excluding hydrogens is 565 g/mol. The second kappa shape index (κ2) is 12.4. The predicted octanol–water partition coefficient (Wildman–Crippen LogP) is 9.23. The molecule has 1 heterocycles. The molecule has 0 aromatic heterocycles. The Bertz CT molecular complexity index is 1090. The molecule has 1 aromatic rings. The Balaban J connectivity index is 2.74. The monoisotopic (exact) mass is 622 g/mol. The highest BCUT2D eigenvalue weighted by Gasteiger charge is 2.49. The summed E-state index contributed by atoms with van der Waals surface area (Å²) in [5.74, 6) is 0.402. The molecule has 1 aliphatic heterocycles. The molecule has 3 atom stereocenters. The zero-order valence-corrected chi connectivity index (χ0v) is 31.8. The van der Waals surface area contributed by atoms with Gasteiger partial charge in [0.25, 0.3) is 0 Å². The quantitative estimate of drug-likeness (QED) is 0.202. The van der Waals surface area contributed by atoms with Gasteiger partial charge >= 0.3 is 5.97 Å². The van der Waals surface area contributed by atoms with Gasteiger partial charge in [-0.05, 0) is 72.1 Å². The number of hydrogen-bond acceptors (Lipinski definition) is 6. The standard InChI is InChI=1S/C32H58O6Si3/c1-30(2,3)39(11,12)35-22-27-28(38-41(15,16)32(7,8)9)26(37-40(13,14)31(4,5)6)21-25(36-27)23-19-17-18-20-24(23)29(33)34-10/h17-21,25,27-28H,22H2,1-16H3/t25-,27+,28+/m0/s1. The van der Waals surface area contributed by atoms with Crippen molar-refractivity contribution in [2.75, 3.05) is 13.7 Å². The summed E-state index contributed by atoms with van der Waals surface area (Å²) in [5.41, 5.74) is 1.23. The molecule has 6 nitrogen and oxygen atoms in total. The third kappa shape index (κ3) is 8.44. The highest BCUT2D eigenvalue weighted by atomic mass is 28.4.